The summed E-state index contributed by atoms with van der Waals surface area (Å²) in [5.74, 6) is 3.48. The SMILES string of the molecule is C#CCOc1cc(Br)c(/C=N\OCc2ccccc2C#N)cc1OC. The molecule has 126 valence electrons. The third kappa shape index (κ3) is 5.00. The molecule has 0 N–H and O–H groups in total. The summed E-state index contributed by atoms with van der Waals surface area (Å²) in [7, 11) is 1.54. The van der Waals surface area contributed by atoms with Crippen molar-refractivity contribution in [3.8, 4) is 29.9 Å². The Bertz CT molecular complexity index is 851. The van der Waals surface area contributed by atoms with Crippen LogP contribution in [0.5, 0.6) is 11.5 Å². The molecule has 0 heterocycles. The van der Waals surface area contributed by atoms with Crippen LogP contribution in [0.25, 0.3) is 0 Å². The second-order valence-electron chi connectivity index (χ2n) is 4.79. The van der Waals surface area contributed by atoms with Crippen molar-refractivity contribution in [3.05, 3.63) is 57.6 Å². The van der Waals surface area contributed by atoms with Crippen molar-refractivity contribution in [1.82, 2.24) is 0 Å². The number of terminal acetylenes is 1. The van der Waals surface area contributed by atoms with Gasteiger partial charge in [-0.25, -0.2) is 0 Å². The van der Waals surface area contributed by atoms with E-state index in [1.54, 1.807) is 37.6 Å². The van der Waals surface area contributed by atoms with E-state index in [1.165, 1.54) is 0 Å². The van der Waals surface area contributed by atoms with Gasteiger partial charge in [0.25, 0.3) is 0 Å². The number of hydrogen-bond acceptors (Lipinski definition) is 5. The minimum atomic E-state index is 0.150. The number of hydrogen-bond donors (Lipinski definition) is 0. The minimum absolute atomic E-state index is 0.150. The molecule has 0 unspecified atom stereocenters. The second kappa shape index (κ2) is 9.36. The first-order valence-electron chi connectivity index (χ1n) is 7.26. The molecule has 0 saturated carbocycles. The Morgan fingerprint density at radius 1 is 1.28 bits per heavy atom. The number of ether oxygens (including phenoxy) is 2. The van der Waals surface area contributed by atoms with Gasteiger partial charge < -0.3 is 14.3 Å². The molecule has 5 nitrogen and oxygen atoms in total. The van der Waals surface area contributed by atoms with Gasteiger partial charge in [-0.15, -0.1) is 6.42 Å². The van der Waals surface area contributed by atoms with Crippen molar-refractivity contribution in [2.45, 2.75) is 6.61 Å². The van der Waals surface area contributed by atoms with E-state index in [0.29, 0.717) is 17.1 Å². The van der Waals surface area contributed by atoms with Gasteiger partial charge in [-0.3, -0.25) is 0 Å². The summed E-state index contributed by atoms with van der Waals surface area (Å²) in [6, 6.07) is 12.8. The zero-order valence-electron chi connectivity index (χ0n) is 13.5. The molecular formula is C19H15BrN2O3. The van der Waals surface area contributed by atoms with Crippen molar-refractivity contribution in [2.24, 2.45) is 5.16 Å². The largest absolute Gasteiger partial charge is 0.493 e. The Morgan fingerprint density at radius 2 is 2.08 bits per heavy atom. The molecule has 0 radical (unpaired) electrons. The zero-order chi connectivity index (χ0) is 18.1. The maximum Gasteiger partial charge on any atom is 0.163 e. The van der Waals surface area contributed by atoms with E-state index in [-0.39, 0.29) is 13.2 Å². The molecule has 0 spiro atoms. The summed E-state index contributed by atoms with van der Waals surface area (Å²) >= 11 is 3.45. The predicted molar refractivity (Wildman–Crippen MR) is 98.6 cm³/mol. The highest BCUT2D eigenvalue weighted by Gasteiger charge is 2.09. The molecule has 0 aliphatic carbocycles. The average molecular weight is 399 g/mol. The summed E-state index contributed by atoms with van der Waals surface area (Å²) in [4.78, 5) is 5.29. The molecule has 0 amide bonds. The topological polar surface area (TPSA) is 63.8 Å². The van der Waals surface area contributed by atoms with Gasteiger partial charge in [0, 0.05) is 15.6 Å². The molecule has 0 aromatic heterocycles. The molecule has 0 saturated heterocycles. The van der Waals surface area contributed by atoms with Crippen molar-refractivity contribution in [2.75, 3.05) is 13.7 Å². The lowest BCUT2D eigenvalue weighted by Crippen LogP contribution is -1.98. The normalized spacial score (nSPS) is 10.1. The molecule has 6 heteroatoms. The smallest absolute Gasteiger partial charge is 0.163 e. The molecule has 0 aliphatic rings. The van der Waals surface area contributed by atoms with Crippen LogP contribution in [-0.2, 0) is 11.4 Å². The maximum atomic E-state index is 9.05. The van der Waals surface area contributed by atoms with Crippen molar-refractivity contribution in [3.63, 3.8) is 0 Å². The fourth-order valence-electron chi connectivity index (χ4n) is 2.00. The lowest BCUT2D eigenvalue weighted by atomic mass is 10.1. The third-order valence-electron chi connectivity index (χ3n) is 3.22. The lowest BCUT2D eigenvalue weighted by molar-refractivity contribution is 0.132. The highest BCUT2D eigenvalue weighted by atomic mass is 79.9. The lowest BCUT2D eigenvalue weighted by Gasteiger charge is -2.10. The maximum absolute atomic E-state index is 9.05. The summed E-state index contributed by atoms with van der Waals surface area (Å²) < 4.78 is 11.5. The number of methoxy groups -OCH3 is 1. The first-order chi connectivity index (χ1) is 12.2. The highest BCUT2D eigenvalue weighted by Crippen LogP contribution is 2.32. The van der Waals surface area contributed by atoms with E-state index in [4.69, 9.17) is 26.0 Å². The molecule has 0 aliphatic heterocycles. The van der Waals surface area contributed by atoms with Gasteiger partial charge in [0.15, 0.2) is 11.5 Å². The first-order valence-corrected chi connectivity index (χ1v) is 8.06. The van der Waals surface area contributed by atoms with E-state index in [9.17, 15) is 0 Å². The molecule has 0 fully saturated rings. The fourth-order valence-corrected chi connectivity index (χ4v) is 2.42. The number of rotatable bonds is 7. The fraction of sp³-hybridized carbons (Fsp3) is 0.158. The Morgan fingerprint density at radius 3 is 2.80 bits per heavy atom. The Labute approximate surface area is 154 Å². The second-order valence-corrected chi connectivity index (χ2v) is 5.65. The van der Waals surface area contributed by atoms with E-state index >= 15 is 0 Å². The Balaban J connectivity index is 2.08. The number of benzene rings is 2. The van der Waals surface area contributed by atoms with E-state index in [0.717, 1.165) is 15.6 Å². The minimum Gasteiger partial charge on any atom is -0.493 e. The van der Waals surface area contributed by atoms with Crippen molar-refractivity contribution >= 4 is 22.1 Å². The van der Waals surface area contributed by atoms with Crippen LogP contribution in [-0.4, -0.2) is 19.9 Å². The first kappa shape index (κ1) is 18.4. The van der Waals surface area contributed by atoms with Crippen LogP contribution in [0.1, 0.15) is 16.7 Å². The van der Waals surface area contributed by atoms with E-state index in [1.807, 2.05) is 12.1 Å². The van der Waals surface area contributed by atoms with Crippen LogP contribution < -0.4 is 9.47 Å². The number of halogens is 1. The molecule has 0 atom stereocenters. The Kier molecular flexibility index (Phi) is 6.88. The van der Waals surface area contributed by atoms with Gasteiger partial charge in [-0.05, 0) is 34.1 Å². The van der Waals surface area contributed by atoms with Gasteiger partial charge in [0.05, 0.1) is 25.0 Å². The van der Waals surface area contributed by atoms with Gasteiger partial charge >= 0.3 is 0 Å². The summed E-state index contributed by atoms with van der Waals surface area (Å²) in [6.07, 6.45) is 6.75. The van der Waals surface area contributed by atoms with Crippen molar-refractivity contribution < 1.29 is 14.3 Å². The summed E-state index contributed by atoms with van der Waals surface area (Å²) in [5.41, 5.74) is 2.09. The number of nitrogens with zero attached hydrogens (tertiary/aromatic N) is 2. The average Bonchev–Trinajstić information content (AvgIpc) is 2.64. The van der Waals surface area contributed by atoms with E-state index < -0.39 is 0 Å². The number of oxime groups is 1. The van der Waals surface area contributed by atoms with Crippen LogP contribution in [0.15, 0.2) is 46.0 Å². The van der Waals surface area contributed by atoms with Gasteiger partial charge in [0.1, 0.15) is 13.2 Å². The van der Waals surface area contributed by atoms with Crippen LogP contribution in [0, 0.1) is 23.7 Å². The zero-order valence-corrected chi connectivity index (χ0v) is 15.1. The third-order valence-corrected chi connectivity index (χ3v) is 3.90. The summed E-state index contributed by atoms with van der Waals surface area (Å²) in [6.45, 7) is 0.357. The van der Waals surface area contributed by atoms with Crippen LogP contribution in [0.2, 0.25) is 0 Å². The van der Waals surface area contributed by atoms with Gasteiger partial charge in [0.2, 0.25) is 0 Å². The Hall–Kier alpha value is -2.96. The highest BCUT2D eigenvalue weighted by molar-refractivity contribution is 9.10. The molecule has 2 rings (SSSR count). The van der Waals surface area contributed by atoms with Gasteiger partial charge in [-0.1, -0.05) is 29.3 Å². The van der Waals surface area contributed by atoms with Crippen LogP contribution >= 0.6 is 15.9 Å². The quantitative estimate of drug-likeness (QED) is 0.403. The standard InChI is InChI=1S/C19H15BrN2O3/c1-3-8-24-19-10-17(20)16(9-18(19)23-2)12-22-25-13-15-7-5-4-6-14(15)11-21/h1,4-7,9-10,12H,8,13H2,2H3/b22-12-. The molecule has 2 aromatic carbocycles. The molecule has 0 bridgehead atoms. The van der Waals surface area contributed by atoms with Crippen LogP contribution in [0.3, 0.4) is 0 Å². The van der Waals surface area contributed by atoms with Gasteiger partial charge in [-0.2, -0.15) is 5.26 Å². The molecule has 25 heavy (non-hydrogen) atoms. The van der Waals surface area contributed by atoms with Crippen LogP contribution in [0.4, 0.5) is 0 Å². The molecular weight excluding hydrogens is 384 g/mol. The van der Waals surface area contributed by atoms with E-state index in [2.05, 4.69) is 33.1 Å². The number of nitriles is 1. The monoisotopic (exact) mass is 398 g/mol. The predicted octanol–water partition coefficient (Wildman–Crippen LogP) is 3.89. The summed E-state index contributed by atoms with van der Waals surface area (Å²) in [5, 5.41) is 13.0. The molecule has 2 aromatic rings. The van der Waals surface area contributed by atoms with Crippen molar-refractivity contribution in [1.29, 1.82) is 5.26 Å².